The van der Waals surface area contributed by atoms with Gasteiger partial charge in [0.15, 0.2) is 0 Å². The number of para-hydroxylation sites is 1. The number of aromatic nitrogens is 2. The third kappa shape index (κ3) is 4.57. The zero-order chi connectivity index (χ0) is 20.8. The van der Waals surface area contributed by atoms with Crippen LogP contribution in [0.2, 0.25) is 0 Å². The average Bonchev–Trinajstić information content (AvgIpc) is 2.98. The summed E-state index contributed by atoms with van der Waals surface area (Å²) in [6.07, 6.45) is 3.22. The molecule has 0 saturated heterocycles. The molecule has 3 aromatic rings. The summed E-state index contributed by atoms with van der Waals surface area (Å²) in [4.78, 5) is 17.6. The molecule has 0 aliphatic carbocycles. The van der Waals surface area contributed by atoms with Crippen LogP contribution in [-0.4, -0.2) is 28.5 Å². The van der Waals surface area contributed by atoms with Crippen molar-refractivity contribution in [2.75, 3.05) is 11.9 Å². The van der Waals surface area contributed by atoms with Crippen LogP contribution in [0, 0.1) is 12.9 Å². The fourth-order valence-electron chi connectivity index (χ4n) is 2.86. The van der Waals surface area contributed by atoms with Crippen molar-refractivity contribution in [3.8, 4) is 11.1 Å². The third-order valence-corrected chi connectivity index (χ3v) is 4.24. The van der Waals surface area contributed by atoms with Gasteiger partial charge < -0.3 is 10.2 Å². The maximum absolute atomic E-state index is 14.2. The molecule has 1 aromatic heterocycles. The highest BCUT2D eigenvalue weighted by molar-refractivity contribution is 6.07. The lowest BCUT2D eigenvalue weighted by atomic mass is 10.0. The van der Waals surface area contributed by atoms with E-state index in [1.807, 2.05) is 42.5 Å². The number of hydrogen-bond donors (Lipinski definition) is 1. The fourth-order valence-corrected chi connectivity index (χ4v) is 2.86. The van der Waals surface area contributed by atoms with Gasteiger partial charge in [-0.3, -0.25) is 4.79 Å². The predicted molar refractivity (Wildman–Crippen MR) is 111 cm³/mol. The molecule has 148 valence electrons. The van der Waals surface area contributed by atoms with Crippen molar-refractivity contribution < 1.29 is 14.0 Å². The van der Waals surface area contributed by atoms with Gasteiger partial charge in [0.05, 0.1) is 11.9 Å². The van der Waals surface area contributed by atoms with Crippen LogP contribution in [0.1, 0.15) is 21.6 Å². The molecule has 29 heavy (non-hydrogen) atoms. The van der Waals surface area contributed by atoms with Gasteiger partial charge in [-0.1, -0.05) is 60.3 Å². The topological polar surface area (TPSA) is 68.5 Å². The molecule has 0 spiro atoms. The van der Waals surface area contributed by atoms with Crippen molar-refractivity contribution in [1.82, 2.24) is 9.78 Å². The second-order valence-electron chi connectivity index (χ2n) is 6.32. The molecule has 0 unspecified atom stereocenters. The first kappa shape index (κ1) is 20.0. The maximum atomic E-state index is 14.2. The molecule has 0 bridgehead atoms. The number of nitrogens with one attached hydrogen (secondary N) is 1. The van der Waals surface area contributed by atoms with E-state index in [9.17, 15) is 9.18 Å². The molecule has 0 aliphatic heterocycles. The van der Waals surface area contributed by atoms with E-state index in [0.717, 1.165) is 21.4 Å². The number of aryl methyl sites for hydroxylation is 2. The number of anilines is 1. The first-order valence-corrected chi connectivity index (χ1v) is 8.97. The molecule has 0 saturated carbocycles. The van der Waals surface area contributed by atoms with Gasteiger partial charge in [0, 0.05) is 18.3 Å². The van der Waals surface area contributed by atoms with E-state index in [1.165, 1.54) is 7.05 Å². The highest BCUT2D eigenvalue weighted by atomic mass is 19.1. The highest BCUT2D eigenvalue weighted by Crippen LogP contribution is 2.28. The number of amides is 1. The Balaban J connectivity index is 1.83. The average molecular weight is 392 g/mol. The second kappa shape index (κ2) is 8.97. The van der Waals surface area contributed by atoms with Crippen LogP contribution >= 0.6 is 0 Å². The van der Waals surface area contributed by atoms with Crippen LogP contribution in [0.5, 0.6) is 0 Å². The van der Waals surface area contributed by atoms with Crippen LogP contribution in [0.15, 0.2) is 66.3 Å². The molecular formula is C22H21FN4O2. The minimum Gasteiger partial charge on any atom is -0.392 e. The van der Waals surface area contributed by atoms with Gasteiger partial charge in [-0.2, -0.15) is 9.49 Å². The second-order valence-corrected chi connectivity index (χ2v) is 6.32. The Bertz CT molecular complexity index is 1060. The van der Waals surface area contributed by atoms with Crippen LogP contribution in [0.3, 0.4) is 0 Å². The lowest BCUT2D eigenvalue weighted by Crippen LogP contribution is -2.15. The summed E-state index contributed by atoms with van der Waals surface area (Å²) < 4.78 is 15.3. The van der Waals surface area contributed by atoms with E-state index in [0.29, 0.717) is 18.0 Å². The normalized spacial score (nSPS) is 10.9. The molecule has 1 amide bonds. The lowest BCUT2D eigenvalue weighted by Gasteiger charge is -2.11. The van der Waals surface area contributed by atoms with Gasteiger partial charge >= 0.3 is 0 Å². The van der Waals surface area contributed by atoms with Gasteiger partial charge in [0.1, 0.15) is 12.2 Å². The molecule has 0 aliphatic rings. The van der Waals surface area contributed by atoms with Crippen LogP contribution in [-0.2, 0) is 11.9 Å². The lowest BCUT2D eigenvalue weighted by molar-refractivity contribution is 0.102. The minimum absolute atomic E-state index is 0.0617. The van der Waals surface area contributed by atoms with Gasteiger partial charge in [-0.25, -0.2) is 4.68 Å². The zero-order valence-electron chi connectivity index (χ0n) is 16.2. The Kier molecular flexibility index (Phi) is 6.19. The van der Waals surface area contributed by atoms with E-state index in [-0.39, 0.29) is 5.56 Å². The maximum Gasteiger partial charge on any atom is 0.262 e. The Morgan fingerprint density at radius 3 is 2.66 bits per heavy atom. The number of hydrogen-bond acceptors (Lipinski definition) is 4. The summed E-state index contributed by atoms with van der Waals surface area (Å²) in [7, 11) is 1.46. The van der Waals surface area contributed by atoms with Crippen molar-refractivity contribution in [1.29, 1.82) is 0 Å². The fraction of sp³-hybridized carbons (Fsp3) is 0.136. The summed E-state index contributed by atoms with van der Waals surface area (Å²) in [6.45, 7) is 5.50. The van der Waals surface area contributed by atoms with Gasteiger partial charge in [0.2, 0.25) is 5.95 Å². The van der Waals surface area contributed by atoms with Crippen molar-refractivity contribution in [3.05, 3.63) is 84.0 Å². The Hall–Kier alpha value is -3.74. The number of halogens is 1. The number of carbonyl (C=O) groups is 1. The molecule has 0 fully saturated rings. The molecular weight excluding hydrogens is 371 g/mol. The number of nitrogens with zero attached hydrogens (tertiary/aromatic N) is 3. The van der Waals surface area contributed by atoms with Gasteiger partial charge in [-0.15, -0.1) is 0 Å². The SMILES string of the molecule is C=CCO/N=C\c1ccc(-c2ccccc2NC(=O)c2c(C)nn(C)c2F)cc1. The molecule has 6 nitrogen and oxygen atoms in total. The first-order chi connectivity index (χ1) is 14.0. The molecule has 7 heteroatoms. The van der Waals surface area contributed by atoms with E-state index in [1.54, 1.807) is 25.3 Å². The highest BCUT2D eigenvalue weighted by Gasteiger charge is 2.21. The van der Waals surface area contributed by atoms with Crippen molar-refractivity contribution in [3.63, 3.8) is 0 Å². The Labute approximate surface area is 168 Å². The largest absolute Gasteiger partial charge is 0.392 e. The quantitative estimate of drug-likeness (QED) is 0.282. The number of carbonyl (C=O) groups excluding carboxylic acids is 1. The smallest absolute Gasteiger partial charge is 0.262 e. The van der Waals surface area contributed by atoms with Crippen LogP contribution < -0.4 is 5.32 Å². The predicted octanol–water partition coefficient (Wildman–Crippen LogP) is 4.32. The van der Waals surface area contributed by atoms with Crippen LogP contribution in [0.4, 0.5) is 10.1 Å². The summed E-state index contributed by atoms with van der Waals surface area (Å²) in [5.41, 5.74) is 3.43. The number of benzene rings is 2. The molecule has 1 heterocycles. The summed E-state index contributed by atoms with van der Waals surface area (Å²) in [5.74, 6) is -1.21. The Morgan fingerprint density at radius 2 is 2.00 bits per heavy atom. The van der Waals surface area contributed by atoms with E-state index < -0.39 is 11.9 Å². The summed E-state index contributed by atoms with van der Waals surface area (Å²) in [6, 6.07) is 14.9. The zero-order valence-corrected chi connectivity index (χ0v) is 16.2. The third-order valence-electron chi connectivity index (χ3n) is 4.24. The molecule has 0 atom stereocenters. The van der Waals surface area contributed by atoms with Crippen molar-refractivity contribution in [2.24, 2.45) is 12.2 Å². The summed E-state index contributed by atoms with van der Waals surface area (Å²) >= 11 is 0. The first-order valence-electron chi connectivity index (χ1n) is 8.97. The van der Waals surface area contributed by atoms with Crippen molar-refractivity contribution in [2.45, 2.75) is 6.92 Å². The number of rotatable bonds is 7. The molecule has 3 rings (SSSR count). The minimum atomic E-state index is -0.667. The van der Waals surface area contributed by atoms with Gasteiger partial charge in [0.25, 0.3) is 5.91 Å². The molecule has 2 aromatic carbocycles. The standard InChI is InChI=1S/C22H21FN4O2/c1-4-13-29-24-14-16-9-11-17(12-10-16)18-7-5-6-8-19(18)25-22(28)20-15(2)26-27(3)21(20)23/h4-12,14H,1,13H2,2-3H3,(H,25,28)/b24-14-. The monoisotopic (exact) mass is 392 g/mol. The van der Waals surface area contributed by atoms with Crippen LogP contribution in [0.25, 0.3) is 11.1 Å². The van der Waals surface area contributed by atoms with Crippen molar-refractivity contribution >= 4 is 17.8 Å². The number of oxime groups is 1. The van der Waals surface area contributed by atoms with Gasteiger partial charge in [-0.05, 0) is 24.1 Å². The van der Waals surface area contributed by atoms with E-state index >= 15 is 0 Å². The molecule has 0 radical (unpaired) electrons. The molecule has 1 N–H and O–H groups in total. The summed E-state index contributed by atoms with van der Waals surface area (Å²) in [5, 5.41) is 10.6. The Morgan fingerprint density at radius 1 is 1.28 bits per heavy atom. The van der Waals surface area contributed by atoms with E-state index in [4.69, 9.17) is 4.84 Å². The van der Waals surface area contributed by atoms with E-state index in [2.05, 4.69) is 22.2 Å².